The number of halogens is 2. The van der Waals surface area contributed by atoms with E-state index in [9.17, 15) is 25.0 Å². The summed E-state index contributed by atoms with van der Waals surface area (Å²) in [4.78, 5) is 34.0. The van der Waals surface area contributed by atoms with Crippen LogP contribution < -0.4 is 0 Å². The van der Waals surface area contributed by atoms with Crippen molar-refractivity contribution in [2.24, 2.45) is 0 Å². The molecule has 0 fully saturated rings. The first-order valence-electron chi connectivity index (χ1n) is 7.53. The molecule has 0 saturated heterocycles. The summed E-state index contributed by atoms with van der Waals surface area (Å²) in [6, 6.07) is 11.9. The molecule has 7 nitrogen and oxygen atoms in total. The quantitative estimate of drug-likeness (QED) is 0.305. The third kappa shape index (κ3) is 4.53. The van der Waals surface area contributed by atoms with E-state index in [0.717, 1.165) is 0 Å². The molecule has 0 aromatic heterocycles. The molecule has 2 aromatic rings. The molecule has 0 bridgehead atoms. The van der Waals surface area contributed by atoms with Crippen LogP contribution in [0.3, 0.4) is 0 Å². The molecule has 0 radical (unpaired) electrons. The fourth-order valence-electron chi connectivity index (χ4n) is 2.61. The summed E-state index contributed by atoms with van der Waals surface area (Å²) >= 11 is 6.62. The Hall–Kier alpha value is -2.13. The summed E-state index contributed by atoms with van der Waals surface area (Å²) in [6.07, 6.45) is 0. The summed E-state index contributed by atoms with van der Waals surface area (Å²) in [5.74, 6) is -1.41. The second-order valence-electron chi connectivity index (χ2n) is 5.52. The van der Waals surface area contributed by atoms with Gasteiger partial charge in [-0.1, -0.05) is 56.1 Å². The molecule has 2 rings (SSSR count). The van der Waals surface area contributed by atoms with Crippen LogP contribution in [0.5, 0.6) is 0 Å². The van der Waals surface area contributed by atoms with Crippen molar-refractivity contribution in [3.63, 3.8) is 0 Å². The normalized spacial score (nSPS) is 13.0. The average molecular weight is 486 g/mol. The summed E-state index contributed by atoms with van der Waals surface area (Å²) in [5, 5.41) is 22.5. The van der Waals surface area contributed by atoms with E-state index in [2.05, 4.69) is 31.9 Å². The standard InChI is InChI=1S/C17H14Br2N2O5/c18-9-15(11-3-1-5-13(7-11)20(23)24)17(22)16(10-19)12-4-2-6-14(8-12)21(25)26/h1-8,15-16H,9-10H2. The fourth-order valence-corrected chi connectivity index (χ4v) is 4.00. The van der Waals surface area contributed by atoms with Gasteiger partial charge >= 0.3 is 0 Å². The van der Waals surface area contributed by atoms with Gasteiger partial charge in [-0.25, -0.2) is 0 Å². The SMILES string of the molecule is O=C(C(CBr)c1cccc([N+](=O)[O-])c1)C(CBr)c1cccc([N+](=O)[O-])c1. The van der Waals surface area contributed by atoms with Crippen molar-refractivity contribution in [2.75, 3.05) is 10.7 Å². The van der Waals surface area contributed by atoms with Gasteiger partial charge in [-0.2, -0.15) is 0 Å². The van der Waals surface area contributed by atoms with Crippen LogP contribution in [0.2, 0.25) is 0 Å². The molecular formula is C17H14Br2N2O5. The highest BCUT2D eigenvalue weighted by atomic mass is 79.9. The second kappa shape index (κ2) is 9.00. The zero-order valence-electron chi connectivity index (χ0n) is 13.4. The molecule has 2 aromatic carbocycles. The molecule has 0 N–H and O–H groups in total. The summed E-state index contributed by atoms with van der Waals surface area (Å²) in [5.41, 5.74) is 0.869. The van der Waals surface area contributed by atoms with Gasteiger partial charge in [-0.15, -0.1) is 0 Å². The lowest BCUT2D eigenvalue weighted by Gasteiger charge is -2.20. The van der Waals surface area contributed by atoms with Crippen LogP contribution >= 0.6 is 31.9 Å². The van der Waals surface area contributed by atoms with Crippen molar-refractivity contribution in [1.29, 1.82) is 0 Å². The minimum atomic E-state index is -0.614. The fraction of sp³-hybridized carbons (Fsp3) is 0.235. The number of carbonyl (C=O) groups is 1. The van der Waals surface area contributed by atoms with Crippen LogP contribution in [0.1, 0.15) is 23.0 Å². The maximum absolute atomic E-state index is 13.1. The number of rotatable bonds is 8. The molecule has 0 aliphatic rings. The predicted octanol–water partition coefficient (Wildman–Crippen LogP) is 4.73. The zero-order valence-corrected chi connectivity index (χ0v) is 16.6. The van der Waals surface area contributed by atoms with Crippen molar-refractivity contribution in [3.05, 3.63) is 79.9 Å². The van der Waals surface area contributed by atoms with E-state index in [1.807, 2.05) is 0 Å². The number of hydrogen-bond acceptors (Lipinski definition) is 5. The number of benzene rings is 2. The van der Waals surface area contributed by atoms with E-state index in [4.69, 9.17) is 0 Å². The lowest BCUT2D eigenvalue weighted by molar-refractivity contribution is -0.385. The van der Waals surface area contributed by atoms with E-state index in [1.165, 1.54) is 36.4 Å². The van der Waals surface area contributed by atoms with Gasteiger partial charge in [0, 0.05) is 34.9 Å². The Morgan fingerprint density at radius 1 is 0.846 bits per heavy atom. The third-order valence-corrected chi connectivity index (χ3v) is 5.26. The Labute approximate surface area is 166 Å². The molecule has 2 unspecified atom stereocenters. The topological polar surface area (TPSA) is 103 Å². The largest absolute Gasteiger partial charge is 0.298 e. The van der Waals surface area contributed by atoms with Gasteiger partial charge in [0.2, 0.25) is 0 Å². The van der Waals surface area contributed by atoms with Crippen LogP contribution in [0.25, 0.3) is 0 Å². The second-order valence-corrected chi connectivity index (χ2v) is 6.82. The molecule has 0 amide bonds. The first-order valence-corrected chi connectivity index (χ1v) is 9.77. The molecule has 26 heavy (non-hydrogen) atoms. The minimum Gasteiger partial charge on any atom is -0.298 e. The van der Waals surface area contributed by atoms with Gasteiger partial charge in [0.15, 0.2) is 0 Å². The number of non-ortho nitro benzene ring substituents is 2. The van der Waals surface area contributed by atoms with E-state index in [-0.39, 0.29) is 27.8 Å². The van der Waals surface area contributed by atoms with Gasteiger partial charge in [0.05, 0.1) is 21.7 Å². The first-order chi connectivity index (χ1) is 12.4. The highest BCUT2D eigenvalue weighted by molar-refractivity contribution is 9.09. The maximum atomic E-state index is 13.1. The van der Waals surface area contributed by atoms with Crippen LogP contribution in [0.15, 0.2) is 48.5 Å². The minimum absolute atomic E-state index is 0.0907. The van der Waals surface area contributed by atoms with Gasteiger partial charge < -0.3 is 0 Å². The number of carbonyl (C=O) groups excluding carboxylic acids is 1. The zero-order chi connectivity index (χ0) is 19.3. The maximum Gasteiger partial charge on any atom is 0.269 e. The summed E-state index contributed by atoms with van der Waals surface area (Å²) in [7, 11) is 0. The van der Waals surface area contributed by atoms with Crippen molar-refractivity contribution in [3.8, 4) is 0 Å². The lowest BCUT2D eigenvalue weighted by atomic mass is 9.85. The Kier molecular flexibility index (Phi) is 6.98. The third-order valence-electron chi connectivity index (χ3n) is 3.96. The monoisotopic (exact) mass is 484 g/mol. The number of ketones is 1. The van der Waals surface area contributed by atoms with Gasteiger partial charge in [0.1, 0.15) is 5.78 Å². The van der Waals surface area contributed by atoms with Gasteiger partial charge in [0.25, 0.3) is 11.4 Å². The number of nitro benzene ring substituents is 2. The Morgan fingerprint density at radius 3 is 1.54 bits per heavy atom. The number of alkyl halides is 2. The highest BCUT2D eigenvalue weighted by Gasteiger charge is 2.29. The molecular weight excluding hydrogens is 472 g/mol. The van der Waals surface area contributed by atoms with Crippen molar-refractivity contribution in [2.45, 2.75) is 11.8 Å². The van der Waals surface area contributed by atoms with Crippen LogP contribution in [-0.4, -0.2) is 26.3 Å². The summed E-state index contributed by atoms with van der Waals surface area (Å²) < 4.78 is 0. The smallest absolute Gasteiger partial charge is 0.269 e. The van der Waals surface area contributed by atoms with Crippen LogP contribution in [0, 0.1) is 20.2 Å². The molecule has 0 spiro atoms. The van der Waals surface area contributed by atoms with Crippen molar-refractivity contribution in [1.82, 2.24) is 0 Å². The average Bonchev–Trinajstić information content (AvgIpc) is 2.63. The van der Waals surface area contributed by atoms with E-state index in [0.29, 0.717) is 11.1 Å². The van der Waals surface area contributed by atoms with Gasteiger partial charge in [-0.3, -0.25) is 25.0 Å². The van der Waals surface area contributed by atoms with Gasteiger partial charge in [-0.05, 0) is 11.1 Å². The van der Waals surface area contributed by atoms with Crippen molar-refractivity contribution < 1.29 is 14.6 Å². The van der Waals surface area contributed by atoms with Crippen LogP contribution in [0.4, 0.5) is 11.4 Å². The van der Waals surface area contributed by atoms with E-state index in [1.54, 1.807) is 12.1 Å². The first kappa shape index (κ1) is 20.2. The molecule has 0 heterocycles. The number of nitrogens with zero attached hydrogens (tertiary/aromatic N) is 2. The van der Waals surface area contributed by atoms with Crippen LogP contribution in [-0.2, 0) is 4.79 Å². The number of hydrogen-bond donors (Lipinski definition) is 0. The van der Waals surface area contributed by atoms with Crippen molar-refractivity contribution >= 4 is 49.0 Å². The molecule has 0 aliphatic carbocycles. The van der Waals surface area contributed by atoms with E-state index >= 15 is 0 Å². The molecule has 9 heteroatoms. The molecule has 0 aliphatic heterocycles. The lowest BCUT2D eigenvalue weighted by Crippen LogP contribution is -2.23. The summed E-state index contributed by atoms with van der Waals surface area (Å²) in [6.45, 7) is 0. The Balaban J connectivity index is 2.39. The Bertz CT molecular complexity index is 776. The molecule has 2 atom stereocenters. The number of Topliss-reactive ketones (excluding diaryl/α,β-unsaturated/α-hetero) is 1. The number of nitro groups is 2. The molecule has 0 saturated carbocycles. The highest BCUT2D eigenvalue weighted by Crippen LogP contribution is 2.32. The van der Waals surface area contributed by atoms with E-state index < -0.39 is 21.7 Å². The Morgan fingerprint density at radius 2 is 1.23 bits per heavy atom. The molecule has 136 valence electrons. The predicted molar refractivity (Wildman–Crippen MR) is 104 cm³/mol.